The predicted octanol–water partition coefficient (Wildman–Crippen LogP) is 3.05. The molecule has 69 valence electrons. The van der Waals surface area contributed by atoms with E-state index in [-0.39, 0.29) is 38.8 Å². The van der Waals surface area contributed by atoms with E-state index < -0.39 is 8.03 Å². The van der Waals surface area contributed by atoms with Gasteiger partial charge in [0.1, 0.15) is 0 Å². The van der Waals surface area contributed by atoms with Crippen molar-refractivity contribution in [2.24, 2.45) is 5.92 Å². The topological polar surface area (TPSA) is 26.3 Å². The largest absolute Gasteiger partial charge is 0.325 e. The van der Waals surface area contributed by atoms with Crippen LogP contribution in [0.15, 0.2) is 11.9 Å². The summed E-state index contributed by atoms with van der Waals surface area (Å²) in [5, 5.41) is 0. The fraction of sp³-hybridized carbons (Fsp3) is 0.750. The van der Waals surface area contributed by atoms with Crippen molar-refractivity contribution in [1.29, 1.82) is 0 Å². The molecule has 0 aliphatic carbocycles. The fourth-order valence-electron chi connectivity index (χ4n) is 0.543. The quantitative estimate of drug-likeness (QED) is 0.730. The maximum Gasteiger partial charge on any atom is 0.213 e. The van der Waals surface area contributed by atoms with E-state index in [1.165, 1.54) is 0 Å². The van der Waals surface area contributed by atoms with E-state index in [0.717, 1.165) is 0 Å². The van der Waals surface area contributed by atoms with Gasteiger partial charge in [-0.05, 0) is 25.6 Å². The average Bonchev–Trinajstić information content (AvgIpc) is 1.82. The van der Waals surface area contributed by atoms with Crippen LogP contribution in [0.2, 0.25) is 0 Å². The molecule has 0 aromatic rings. The normalized spacial score (nSPS) is 13.8. The first-order valence-electron chi connectivity index (χ1n) is 3.91. The van der Waals surface area contributed by atoms with Crippen LogP contribution in [0.1, 0.15) is 27.7 Å². The molecule has 0 amide bonds. The first kappa shape index (κ1) is 15.5. The van der Waals surface area contributed by atoms with Crippen molar-refractivity contribution in [2.75, 3.05) is 0 Å². The molecule has 0 saturated carbocycles. The molecule has 0 heterocycles. The molecule has 0 saturated heterocycles. The summed E-state index contributed by atoms with van der Waals surface area (Å²) in [4.78, 5) is 0. The van der Waals surface area contributed by atoms with Crippen molar-refractivity contribution in [3.05, 3.63) is 11.9 Å². The van der Waals surface area contributed by atoms with Crippen LogP contribution in [0.3, 0.4) is 0 Å². The second-order valence-electron chi connectivity index (χ2n) is 3.09. The third-order valence-corrected chi connectivity index (χ3v) is 2.14. The molecule has 1 unspecified atom stereocenters. The molecule has 0 aliphatic heterocycles. The van der Waals surface area contributed by atoms with Crippen LogP contribution in [0, 0.1) is 5.92 Å². The number of rotatable bonds is 4. The van der Waals surface area contributed by atoms with Crippen LogP contribution in [0.5, 0.6) is 0 Å². The molecular formula is C8H17O2PY. The number of hydrogen-bond donors (Lipinski definition) is 0. The van der Waals surface area contributed by atoms with Crippen LogP contribution in [-0.2, 0) is 41.8 Å². The van der Waals surface area contributed by atoms with Crippen LogP contribution in [0.4, 0.5) is 0 Å². The van der Waals surface area contributed by atoms with Crippen LogP contribution in [0.25, 0.3) is 0 Å². The van der Waals surface area contributed by atoms with E-state index in [2.05, 4.69) is 0 Å². The van der Waals surface area contributed by atoms with E-state index >= 15 is 0 Å². The molecule has 0 aliphatic rings. The summed E-state index contributed by atoms with van der Waals surface area (Å²) < 4.78 is 16.1. The Morgan fingerprint density at radius 2 is 1.75 bits per heavy atom. The molecule has 2 nitrogen and oxygen atoms in total. The Morgan fingerprint density at radius 3 is 2.08 bits per heavy atom. The van der Waals surface area contributed by atoms with Gasteiger partial charge in [0.25, 0.3) is 0 Å². The molecule has 0 rings (SSSR count). The van der Waals surface area contributed by atoms with Gasteiger partial charge in [-0.1, -0.05) is 19.9 Å². The van der Waals surface area contributed by atoms with Gasteiger partial charge in [0.15, 0.2) is 0 Å². The van der Waals surface area contributed by atoms with Crippen molar-refractivity contribution in [3.63, 3.8) is 0 Å². The average molecular weight is 265 g/mol. The second-order valence-corrected chi connectivity index (χ2v) is 4.30. The van der Waals surface area contributed by atoms with Gasteiger partial charge in [-0.3, -0.25) is 4.57 Å². The van der Waals surface area contributed by atoms with Gasteiger partial charge in [0, 0.05) is 32.7 Å². The van der Waals surface area contributed by atoms with Gasteiger partial charge < -0.3 is 4.52 Å². The molecule has 0 bridgehead atoms. The van der Waals surface area contributed by atoms with Gasteiger partial charge in [-0.25, -0.2) is 0 Å². The summed E-state index contributed by atoms with van der Waals surface area (Å²) in [5.41, 5.74) is 0. The second kappa shape index (κ2) is 8.62. The molecule has 0 N–H and O–H groups in total. The smallest absolute Gasteiger partial charge is 0.213 e. The molecule has 0 aromatic carbocycles. The van der Waals surface area contributed by atoms with E-state index in [0.29, 0.717) is 5.92 Å². The van der Waals surface area contributed by atoms with Crippen molar-refractivity contribution in [1.82, 2.24) is 0 Å². The monoisotopic (exact) mass is 265 g/mol. The first-order valence-corrected chi connectivity index (χ1v) is 5.30. The third-order valence-electron chi connectivity index (χ3n) is 0.969. The Balaban J connectivity index is 0. The zero-order chi connectivity index (χ0) is 8.85. The third kappa shape index (κ3) is 11.0. The van der Waals surface area contributed by atoms with E-state index in [9.17, 15) is 4.57 Å². The van der Waals surface area contributed by atoms with Crippen molar-refractivity contribution in [2.45, 2.75) is 33.8 Å². The summed E-state index contributed by atoms with van der Waals surface area (Å²) >= 11 is 0. The molecule has 1 radical (unpaired) electrons. The Bertz CT molecular complexity index is 155. The minimum atomic E-state index is -1.91. The van der Waals surface area contributed by atoms with Gasteiger partial charge in [-0.15, -0.1) is 0 Å². The molecule has 0 aromatic heterocycles. The van der Waals surface area contributed by atoms with E-state index in [1.807, 2.05) is 33.8 Å². The van der Waals surface area contributed by atoms with Crippen LogP contribution >= 0.6 is 8.03 Å². The Labute approximate surface area is 101 Å². The minimum absolute atomic E-state index is 0. The molecule has 1 atom stereocenters. The van der Waals surface area contributed by atoms with Crippen molar-refractivity contribution < 1.29 is 41.8 Å². The zero-order valence-electron chi connectivity index (χ0n) is 8.20. The SMILES string of the molecule is CC(C)/C=C/[PH](=O)OC(C)C.[Y]. The summed E-state index contributed by atoms with van der Waals surface area (Å²) in [5.74, 6) is 2.11. The summed E-state index contributed by atoms with van der Waals surface area (Å²) in [6.07, 6.45) is 1.96. The van der Waals surface area contributed by atoms with Gasteiger partial charge in [0.05, 0.1) is 6.10 Å². The van der Waals surface area contributed by atoms with Crippen molar-refractivity contribution in [3.8, 4) is 0 Å². The predicted molar refractivity (Wildman–Crippen MR) is 49.2 cm³/mol. The maximum atomic E-state index is 11.0. The van der Waals surface area contributed by atoms with Gasteiger partial charge >= 0.3 is 0 Å². The fourth-order valence-corrected chi connectivity index (χ4v) is 1.63. The maximum absolute atomic E-state index is 11.0. The minimum Gasteiger partial charge on any atom is -0.325 e. The van der Waals surface area contributed by atoms with E-state index in [1.54, 1.807) is 5.82 Å². The van der Waals surface area contributed by atoms with Gasteiger partial charge in [-0.2, -0.15) is 0 Å². The van der Waals surface area contributed by atoms with Crippen LogP contribution < -0.4 is 0 Å². The zero-order valence-corrected chi connectivity index (χ0v) is 12.0. The van der Waals surface area contributed by atoms with Crippen LogP contribution in [-0.4, -0.2) is 6.10 Å². The standard InChI is InChI=1S/C8H17O2P.Y/c1-7(2)5-6-11(9)10-8(3)4;/h5-8,11H,1-4H3;/b6-5+;. The molecular weight excluding hydrogens is 248 g/mol. The molecule has 12 heavy (non-hydrogen) atoms. The summed E-state index contributed by atoms with van der Waals surface area (Å²) in [7, 11) is -1.91. The Kier molecular flexibility index (Phi) is 11.1. The van der Waals surface area contributed by atoms with Crippen molar-refractivity contribution >= 4 is 8.03 Å². The first-order chi connectivity index (χ1) is 5.02. The number of allylic oxidation sites excluding steroid dienone is 1. The Morgan fingerprint density at radius 1 is 1.25 bits per heavy atom. The molecule has 4 heteroatoms. The Hall–Kier alpha value is 1.03. The number of hydrogen-bond acceptors (Lipinski definition) is 2. The summed E-state index contributed by atoms with van der Waals surface area (Å²) in [6, 6.07) is 0. The van der Waals surface area contributed by atoms with E-state index in [4.69, 9.17) is 4.52 Å². The van der Waals surface area contributed by atoms with Gasteiger partial charge in [0.2, 0.25) is 8.03 Å². The molecule has 0 fully saturated rings. The molecule has 0 spiro atoms. The summed E-state index contributed by atoms with van der Waals surface area (Å²) in [6.45, 7) is 7.85.